The van der Waals surface area contributed by atoms with Crippen LogP contribution in [0.15, 0.2) is 17.1 Å². The molecule has 0 saturated carbocycles. The lowest BCUT2D eigenvalue weighted by atomic mass is 10.0. The van der Waals surface area contributed by atoms with Crippen LogP contribution < -0.4 is 0 Å². The highest BCUT2D eigenvalue weighted by molar-refractivity contribution is 6.35. The average molecular weight is 194 g/mol. The molecule has 2 nitrogen and oxygen atoms in total. The third-order valence-corrected chi connectivity index (χ3v) is 2.42. The molecule has 0 saturated heterocycles. The van der Waals surface area contributed by atoms with E-state index in [2.05, 4.69) is 4.99 Å². The van der Waals surface area contributed by atoms with Crippen LogP contribution in [0.1, 0.15) is 22.3 Å². The number of hydrogen-bond donors (Lipinski definition) is 0. The summed E-state index contributed by atoms with van der Waals surface area (Å²) in [6.07, 6.45) is 1.99. The predicted octanol–water partition coefficient (Wildman–Crippen LogP) is 2.94. The van der Waals surface area contributed by atoms with Crippen molar-refractivity contribution in [1.29, 1.82) is 0 Å². The van der Waals surface area contributed by atoms with Crippen molar-refractivity contribution in [3.05, 3.63) is 28.3 Å². The minimum absolute atomic E-state index is 0.0544. The first-order valence-electron chi connectivity index (χ1n) is 4.05. The standard InChI is InChI=1S/C10H8ClNO/c1-6-2-3-7(11)9-8(13)4-5-12-10(6)9/h2-3,5H,4H2,1H3. The highest BCUT2D eigenvalue weighted by Gasteiger charge is 2.18. The van der Waals surface area contributed by atoms with E-state index in [1.165, 1.54) is 0 Å². The van der Waals surface area contributed by atoms with Crippen LogP contribution in [0.25, 0.3) is 0 Å². The Kier molecular flexibility index (Phi) is 1.93. The zero-order valence-electron chi connectivity index (χ0n) is 7.17. The summed E-state index contributed by atoms with van der Waals surface area (Å²) in [6, 6.07) is 3.62. The topological polar surface area (TPSA) is 29.4 Å². The molecule has 66 valence electrons. The van der Waals surface area contributed by atoms with E-state index in [9.17, 15) is 4.79 Å². The number of carbonyl (C=O) groups excluding carboxylic acids is 1. The normalized spacial score (nSPS) is 14.5. The SMILES string of the molecule is Cc1ccc(Cl)c2c1N=CCC2=O. The fraction of sp³-hybridized carbons (Fsp3) is 0.200. The fourth-order valence-electron chi connectivity index (χ4n) is 1.42. The molecular weight excluding hydrogens is 186 g/mol. The molecule has 3 heteroatoms. The van der Waals surface area contributed by atoms with Gasteiger partial charge in [-0.25, -0.2) is 0 Å². The van der Waals surface area contributed by atoms with Gasteiger partial charge in [0.15, 0.2) is 5.78 Å². The van der Waals surface area contributed by atoms with E-state index >= 15 is 0 Å². The average Bonchev–Trinajstić information content (AvgIpc) is 2.12. The van der Waals surface area contributed by atoms with Crippen molar-refractivity contribution in [1.82, 2.24) is 0 Å². The molecule has 0 bridgehead atoms. The summed E-state index contributed by atoms with van der Waals surface area (Å²) in [5.74, 6) is 0.0544. The highest BCUT2D eigenvalue weighted by Crippen LogP contribution is 2.33. The highest BCUT2D eigenvalue weighted by atomic mass is 35.5. The number of Topliss-reactive ketones (excluding diaryl/α,β-unsaturated/α-hetero) is 1. The number of rotatable bonds is 0. The molecule has 0 spiro atoms. The van der Waals surface area contributed by atoms with Gasteiger partial charge in [0, 0.05) is 12.6 Å². The van der Waals surface area contributed by atoms with Gasteiger partial charge in [0.25, 0.3) is 0 Å². The van der Waals surface area contributed by atoms with E-state index < -0.39 is 0 Å². The number of halogens is 1. The van der Waals surface area contributed by atoms with Crippen LogP contribution >= 0.6 is 11.6 Å². The number of ketones is 1. The molecule has 0 unspecified atom stereocenters. The molecule has 0 fully saturated rings. The maximum absolute atomic E-state index is 11.5. The first-order valence-corrected chi connectivity index (χ1v) is 4.43. The molecule has 1 aliphatic heterocycles. The van der Waals surface area contributed by atoms with Crippen molar-refractivity contribution in [2.45, 2.75) is 13.3 Å². The number of carbonyl (C=O) groups is 1. The molecule has 0 aromatic heterocycles. The van der Waals surface area contributed by atoms with Crippen molar-refractivity contribution in [3.8, 4) is 0 Å². The summed E-state index contributed by atoms with van der Waals surface area (Å²) in [6.45, 7) is 1.92. The molecule has 1 heterocycles. The summed E-state index contributed by atoms with van der Waals surface area (Å²) in [5.41, 5.74) is 2.29. The van der Waals surface area contributed by atoms with Gasteiger partial charge in [-0.15, -0.1) is 0 Å². The van der Waals surface area contributed by atoms with E-state index in [0.29, 0.717) is 17.0 Å². The Morgan fingerprint density at radius 3 is 2.92 bits per heavy atom. The van der Waals surface area contributed by atoms with E-state index in [1.54, 1.807) is 12.3 Å². The van der Waals surface area contributed by atoms with Crippen molar-refractivity contribution in [3.63, 3.8) is 0 Å². The summed E-state index contributed by atoms with van der Waals surface area (Å²) >= 11 is 5.91. The lowest BCUT2D eigenvalue weighted by molar-refractivity contribution is 0.100. The molecule has 13 heavy (non-hydrogen) atoms. The molecule has 0 atom stereocenters. The van der Waals surface area contributed by atoms with Crippen molar-refractivity contribution in [2.75, 3.05) is 0 Å². The summed E-state index contributed by atoms with van der Waals surface area (Å²) in [5, 5.41) is 0.502. The molecule has 0 aliphatic carbocycles. The van der Waals surface area contributed by atoms with E-state index in [4.69, 9.17) is 11.6 Å². The quantitative estimate of drug-likeness (QED) is 0.623. The van der Waals surface area contributed by atoms with Gasteiger partial charge in [-0.05, 0) is 18.6 Å². The van der Waals surface area contributed by atoms with Crippen LogP contribution in [-0.4, -0.2) is 12.0 Å². The minimum Gasteiger partial charge on any atom is -0.294 e. The van der Waals surface area contributed by atoms with Crippen LogP contribution in [0.5, 0.6) is 0 Å². The number of fused-ring (bicyclic) bond motifs is 1. The Bertz CT molecular complexity index is 410. The van der Waals surface area contributed by atoms with Crippen LogP contribution in [-0.2, 0) is 0 Å². The largest absolute Gasteiger partial charge is 0.294 e. The van der Waals surface area contributed by atoms with Crippen molar-refractivity contribution >= 4 is 29.3 Å². The number of hydrogen-bond acceptors (Lipinski definition) is 2. The van der Waals surface area contributed by atoms with E-state index in [1.807, 2.05) is 13.0 Å². The molecule has 1 aromatic rings. The number of benzene rings is 1. The smallest absolute Gasteiger partial charge is 0.171 e. The van der Waals surface area contributed by atoms with Gasteiger partial charge in [-0.2, -0.15) is 0 Å². The summed E-state index contributed by atoms with van der Waals surface area (Å²) in [4.78, 5) is 15.7. The summed E-state index contributed by atoms with van der Waals surface area (Å²) in [7, 11) is 0. The van der Waals surface area contributed by atoms with Crippen LogP contribution in [0.2, 0.25) is 5.02 Å². The zero-order valence-corrected chi connectivity index (χ0v) is 7.93. The van der Waals surface area contributed by atoms with Crippen molar-refractivity contribution < 1.29 is 4.79 Å². The maximum atomic E-state index is 11.5. The lowest BCUT2D eigenvalue weighted by Crippen LogP contribution is -2.06. The van der Waals surface area contributed by atoms with Gasteiger partial charge in [-0.3, -0.25) is 9.79 Å². The number of aliphatic imine (C=N–C) groups is 1. The molecule has 0 radical (unpaired) electrons. The Morgan fingerprint density at radius 1 is 1.46 bits per heavy atom. The lowest BCUT2D eigenvalue weighted by Gasteiger charge is -2.12. The van der Waals surface area contributed by atoms with Gasteiger partial charge < -0.3 is 0 Å². The van der Waals surface area contributed by atoms with Crippen LogP contribution in [0.3, 0.4) is 0 Å². The minimum atomic E-state index is 0.0544. The van der Waals surface area contributed by atoms with Gasteiger partial charge in [-0.1, -0.05) is 17.7 Å². The Labute approximate surface area is 81.2 Å². The second kappa shape index (κ2) is 2.96. The van der Waals surface area contributed by atoms with E-state index in [-0.39, 0.29) is 5.78 Å². The van der Waals surface area contributed by atoms with Gasteiger partial charge in [0.1, 0.15) is 0 Å². The second-order valence-electron chi connectivity index (χ2n) is 3.03. The summed E-state index contributed by atoms with van der Waals surface area (Å²) < 4.78 is 0. The molecule has 1 aromatic carbocycles. The van der Waals surface area contributed by atoms with Crippen molar-refractivity contribution in [2.24, 2.45) is 4.99 Å². The third kappa shape index (κ3) is 1.27. The molecule has 2 rings (SSSR count). The monoisotopic (exact) mass is 193 g/mol. The number of nitrogens with zero attached hydrogens (tertiary/aromatic N) is 1. The van der Waals surface area contributed by atoms with Gasteiger partial charge in [0.2, 0.25) is 0 Å². The Hall–Kier alpha value is -1.15. The fourth-order valence-corrected chi connectivity index (χ4v) is 1.68. The molecule has 1 aliphatic rings. The first kappa shape index (κ1) is 8.45. The van der Waals surface area contributed by atoms with Crippen LogP contribution in [0, 0.1) is 6.92 Å². The Balaban J connectivity index is 2.76. The first-order chi connectivity index (χ1) is 6.20. The molecule has 0 amide bonds. The predicted molar refractivity (Wildman–Crippen MR) is 53.3 cm³/mol. The second-order valence-corrected chi connectivity index (χ2v) is 3.43. The molecule has 0 N–H and O–H groups in total. The molecular formula is C10H8ClNO. The number of aryl methyl sites for hydroxylation is 1. The maximum Gasteiger partial charge on any atom is 0.171 e. The third-order valence-electron chi connectivity index (χ3n) is 2.10. The van der Waals surface area contributed by atoms with Gasteiger partial charge in [0.05, 0.1) is 16.3 Å². The van der Waals surface area contributed by atoms with Crippen LogP contribution in [0.4, 0.5) is 5.69 Å². The Morgan fingerprint density at radius 2 is 2.23 bits per heavy atom. The zero-order chi connectivity index (χ0) is 9.42. The van der Waals surface area contributed by atoms with Gasteiger partial charge >= 0.3 is 0 Å². The van der Waals surface area contributed by atoms with E-state index in [0.717, 1.165) is 11.3 Å².